The van der Waals surface area contributed by atoms with E-state index in [4.69, 9.17) is 37.0 Å². The van der Waals surface area contributed by atoms with E-state index in [0.717, 1.165) is 102 Å². The molecule has 0 rings (SSSR count). The van der Waals surface area contributed by atoms with Crippen LogP contribution in [0.15, 0.2) is 0 Å². The molecule has 17 nitrogen and oxygen atoms in total. The van der Waals surface area contributed by atoms with Gasteiger partial charge in [-0.1, -0.05) is 356 Å². The lowest BCUT2D eigenvalue weighted by molar-refractivity contribution is -0.161. The maximum Gasteiger partial charge on any atom is 0.472 e. The quantitative estimate of drug-likeness (QED) is 0.0222. The highest BCUT2D eigenvalue weighted by Crippen LogP contribution is 2.45. The van der Waals surface area contributed by atoms with Crippen LogP contribution in [0.25, 0.3) is 0 Å². The molecule has 0 aliphatic heterocycles. The molecule has 0 radical (unpaired) electrons. The van der Waals surface area contributed by atoms with Crippen LogP contribution in [0.3, 0.4) is 0 Å². The van der Waals surface area contributed by atoms with Crippen molar-refractivity contribution < 1.29 is 80.2 Å². The number of rotatable bonds is 77. The Morgan fingerprint density at radius 1 is 0.278 bits per heavy atom. The van der Waals surface area contributed by atoms with Crippen molar-refractivity contribution in [3.8, 4) is 0 Å². The Kier molecular flexibility index (Phi) is 68.4. The summed E-state index contributed by atoms with van der Waals surface area (Å²) >= 11 is 0. The highest BCUT2D eigenvalue weighted by Gasteiger charge is 2.30. The van der Waals surface area contributed by atoms with Gasteiger partial charge in [0.05, 0.1) is 26.4 Å². The van der Waals surface area contributed by atoms with Gasteiger partial charge in [0.25, 0.3) is 0 Å². The second kappa shape index (κ2) is 69.8. The lowest BCUT2D eigenvalue weighted by Crippen LogP contribution is -2.30. The van der Waals surface area contributed by atoms with Crippen LogP contribution in [0.1, 0.15) is 408 Å². The number of aliphatic hydroxyl groups is 1. The van der Waals surface area contributed by atoms with Gasteiger partial charge in [0, 0.05) is 25.7 Å². The maximum absolute atomic E-state index is 13.1. The number of phosphoric ester groups is 2. The Labute approximate surface area is 594 Å². The number of aliphatic hydroxyl groups excluding tert-OH is 1. The monoisotopic (exact) mass is 1420 g/mol. The van der Waals surface area contributed by atoms with Crippen molar-refractivity contribution in [3.63, 3.8) is 0 Å². The fourth-order valence-corrected chi connectivity index (χ4v) is 13.6. The zero-order valence-electron chi connectivity index (χ0n) is 63.4. The van der Waals surface area contributed by atoms with Gasteiger partial charge in [0.15, 0.2) is 12.2 Å². The average molecular weight is 1420 g/mol. The van der Waals surface area contributed by atoms with E-state index >= 15 is 0 Å². The van der Waals surface area contributed by atoms with E-state index in [0.29, 0.717) is 25.7 Å². The molecule has 2 unspecified atom stereocenters. The Balaban J connectivity index is 5.25. The molecule has 19 heteroatoms. The molecule has 0 aromatic carbocycles. The number of unbranched alkanes of at least 4 members (excludes halogenated alkanes) is 47. The molecule has 0 aliphatic rings. The van der Waals surface area contributed by atoms with Crippen molar-refractivity contribution in [2.24, 2.45) is 11.8 Å². The molecule has 0 spiro atoms. The zero-order valence-corrected chi connectivity index (χ0v) is 65.2. The van der Waals surface area contributed by atoms with E-state index in [9.17, 15) is 43.2 Å². The van der Waals surface area contributed by atoms with E-state index in [1.807, 2.05) is 0 Å². The average Bonchev–Trinajstić information content (AvgIpc) is 1.01. The number of phosphoric acid groups is 2. The van der Waals surface area contributed by atoms with Gasteiger partial charge in [-0.05, 0) is 37.5 Å². The van der Waals surface area contributed by atoms with Gasteiger partial charge in [-0.3, -0.25) is 37.3 Å². The normalized spacial score (nSPS) is 14.0. The van der Waals surface area contributed by atoms with E-state index in [1.54, 1.807) is 0 Å². The summed E-state index contributed by atoms with van der Waals surface area (Å²) in [7, 11) is -9.92. The van der Waals surface area contributed by atoms with Crippen LogP contribution in [-0.2, 0) is 65.4 Å². The second-order valence-electron chi connectivity index (χ2n) is 29.1. The summed E-state index contributed by atoms with van der Waals surface area (Å²) in [4.78, 5) is 72.9. The summed E-state index contributed by atoms with van der Waals surface area (Å²) in [6.07, 6.45) is 58.2. The molecular weight excluding hydrogens is 1270 g/mol. The van der Waals surface area contributed by atoms with E-state index in [-0.39, 0.29) is 25.7 Å². The van der Waals surface area contributed by atoms with Crippen molar-refractivity contribution in [2.75, 3.05) is 39.6 Å². The topological polar surface area (TPSA) is 237 Å². The first-order valence-corrected chi connectivity index (χ1v) is 43.5. The van der Waals surface area contributed by atoms with Gasteiger partial charge in [0.2, 0.25) is 0 Å². The summed E-state index contributed by atoms with van der Waals surface area (Å²) in [6, 6.07) is 0. The molecule has 3 N–H and O–H groups in total. The molecule has 0 aromatic heterocycles. The molecule has 5 atom stereocenters. The standard InChI is InChI=1S/C78H152O17P2/c1-7-9-11-13-15-17-19-21-23-24-25-26-28-30-37-44-50-56-62-77(82)94-73(66-88-75(80)60-54-48-42-36-29-27-22-20-18-16-14-12-10-8-2)68-92-96(84,85)90-64-72(79)65-91-97(86,87)93-69-74(67-89-76(81)61-55-49-43-39-33-35-41-47-53-59-71(5)6)95-78(83)63-57-51-45-38-32-31-34-40-46-52-58-70(3)4/h70-74,79H,7-69H2,1-6H3,(H,84,85)(H,86,87)/t72-,73-,74-/m1/s1. The Morgan fingerprint density at radius 2 is 0.474 bits per heavy atom. The van der Waals surface area contributed by atoms with Crippen LogP contribution in [0.5, 0.6) is 0 Å². The summed E-state index contributed by atoms with van der Waals surface area (Å²) in [5.41, 5.74) is 0. The molecule has 0 aliphatic carbocycles. The molecule has 0 saturated heterocycles. The van der Waals surface area contributed by atoms with Gasteiger partial charge in [-0.25, -0.2) is 9.13 Å². The molecule has 97 heavy (non-hydrogen) atoms. The Hall–Kier alpha value is -1.94. The minimum atomic E-state index is -4.96. The van der Waals surface area contributed by atoms with Crippen molar-refractivity contribution in [3.05, 3.63) is 0 Å². The first-order chi connectivity index (χ1) is 46.9. The third kappa shape index (κ3) is 72.2. The summed E-state index contributed by atoms with van der Waals surface area (Å²) < 4.78 is 68.6. The first kappa shape index (κ1) is 95.1. The molecule has 0 aromatic rings. The summed E-state index contributed by atoms with van der Waals surface area (Å²) in [5.74, 6) is -0.616. The van der Waals surface area contributed by atoms with Crippen molar-refractivity contribution in [1.29, 1.82) is 0 Å². The van der Waals surface area contributed by atoms with E-state index in [1.165, 1.54) is 225 Å². The third-order valence-electron chi connectivity index (χ3n) is 18.2. The smallest absolute Gasteiger partial charge is 0.462 e. The first-order valence-electron chi connectivity index (χ1n) is 40.5. The molecule has 576 valence electrons. The Bertz CT molecular complexity index is 1870. The number of ether oxygens (including phenoxy) is 4. The van der Waals surface area contributed by atoms with Gasteiger partial charge in [0.1, 0.15) is 19.3 Å². The van der Waals surface area contributed by atoms with Gasteiger partial charge >= 0.3 is 39.5 Å². The number of hydrogen-bond donors (Lipinski definition) is 3. The molecule has 0 heterocycles. The number of esters is 4. The highest BCUT2D eigenvalue weighted by molar-refractivity contribution is 7.47. The van der Waals surface area contributed by atoms with Gasteiger partial charge in [-0.15, -0.1) is 0 Å². The Morgan fingerprint density at radius 3 is 0.701 bits per heavy atom. The highest BCUT2D eigenvalue weighted by atomic mass is 31.2. The minimum absolute atomic E-state index is 0.106. The lowest BCUT2D eigenvalue weighted by Gasteiger charge is -2.21. The van der Waals surface area contributed by atoms with E-state index < -0.39 is 97.5 Å². The zero-order chi connectivity index (χ0) is 71.4. The third-order valence-corrected chi connectivity index (χ3v) is 20.1. The molecule has 0 saturated carbocycles. The predicted octanol–water partition coefficient (Wildman–Crippen LogP) is 23.1. The number of carbonyl (C=O) groups is 4. The van der Waals surface area contributed by atoms with Crippen molar-refractivity contribution in [2.45, 2.75) is 426 Å². The predicted molar refractivity (Wildman–Crippen MR) is 395 cm³/mol. The molecule has 0 bridgehead atoms. The van der Waals surface area contributed by atoms with Gasteiger partial charge in [-0.2, -0.15) is 0 Å². The maximum atomic E-state index is 13.1. The molecule has 0 amide bonds. The number of hydrogen-bond acceptors (Lipinski definition) is 15. The van der Waals surface area contributed by atoms with Crippen molar-refractivity contribution in [1.82, 2.24) is 0 Å². The summed E-state index contributed by atoms with van der Waals surface area (Å²) in [5, 5.41) is 10.6. The van der Waals surface area contributed by atoms with Gasteiger partial charge < -0.3 is 33.8 Å². The van der Waals surface area contributed by atoms with Crippen LogP contribution in [0.4, 0.5) is 0 Å². The van der Waals surface area contributed by atoms with Crippen LogP contribution in [0, 0.1) is 11.8 Å². The van der Waals surface area contributed by atoms with Crippen molar-refractivity contribution >= 4 is 39.5 Å². The van der Waals surface area contributed by atoms with E-state index in [2.05, 4.69) is 41.5 Å². The molecule has 0 fully saturated rings. The molecular formula is C78H152O17P2. The largest absolute Gasteiger partial charge is 0.472 e. The lowest BCUT2D eigenvalue weighted by atomic mass is 10.0. The minimum Gasteiger partial charge on any atom is -0.462 e. The van der Waals surface area contributed by atoms with Crippen LogP contribution < -0.4 is 0 Å². The fraction of sp³-hybridized carbons (Fsp3) is 0.949. The van der Waals surface area contributed by atoms with Crippen LogP contribution >= 0.6 is 15.6 Å². The SMILES string of the molecule is CCCCCCCCCCCCCCCCCCCCC(=O)O[C@H](COC(=O)CCCCCCCCCCCCCCCC)COP(=O)(O)OC[C@@H](O)COP(=O)(O)OC[C@@H](COC(=O)CCCCCCCCCCCC(C)C)OC(=O)CCCCCCCCCCCCC(C)C. The summed E-state index contributed by atoms with van der Waals surface area (Å²) in [6.45, 7) is 9.59. The van der Waals surface area contributed by atoms with Crippen LogP contribution in [-0.4, -0.2) is 96.7 Å². The number of carbonyl (C=O) groups excluding carboxylic acids is 4. The second-order valence-corrected chi connectivity index (χ2v) is 32.0. The van der Waals surface area contributed by atoms with Crippen LogP contribution in [0.2, 0.25) is 0 Å². The fourth-order valence-electron chi connectivity index (χ4n) is 12.0.